The highest BCUT2D eigenvalue weighted by molar-refractivity contribution is 7.71. The number of aromatic nitrogens is 2. The molecule has 1 fully saturated rings. The van der Waals surface area contributed by atoms with Crippen LogP contribution in [0.3, 0.4) is 0 Å². The first-order valence-corrected chi connectivity index (χ1v) is 6.47. The molecule has 17 heavy (non-hydrogen) atoms. The highest BCUT2D eigenvalue weighted by Gasteiger charge is 2.22. The SMILES string of the molecule is CC1CC(n2c(=S)[nH]c3ccccc32)CCO1. The van der Waals surface area contributed by atoms with Crippen LogP contribution in [0.4, 0.5) is 0 Å². The lowest BCUT2D eigenvalue weighted by atomic mass is 10.0. The minimum Gasteiger partial charge on any atom is -0.378 e. The summed E-state index contributed by atoms with van der Waals surface area (Å²) < 4.78 is 8.68. The van der Waals surface area contributed by atoms with E-state index in [1.165, 1.54) is 5.52 Å². The average Bonchev–Trinajstić information content (AvgIpc) is 2.64. The van der Waals surface area contributed by atoms with Crippen molar-refractivity contribution >= 4 is 23.3 Å². The Morgan fingerprint density at radius 1 is 1.41 bits per heavy atom. The van der Waals surface area contributed by atoms with Gasteiger partial charge in [0.2, 0.25) is 0 Å². The summed E-state index contributed by atoms with van der Waals surface area (Å²) in [7, 11) is 0. The van der Waals surface area contributed by atoms with Crippen molar-refractivity contribution < 1.29 is 4.74 Å². The van der Waals surface area contributed by atoms with E-state index in [9.17, 15) is 0 Å². The monoisotopic (exact) mass is 248 g/mol. The van der Waals surface area contributed by atoms with Gasteiger partial charge >= 0.3 is 0 Å². The molecule has 3 rings (SSSR count). The van der Waals surface area contributed by atoms with Gasteiger partial charge in [-0.2, -0.15) is 0 Å². The maximum Gasteiger partial charge on any atom is 0.178 e. The predicted molar refractivity (Wildman–Crippen MR) is 70.8 cm³/mol. The molecule has 1 aromatic carbocycles. The molecule has 2 heterocycles. The van der Waals surface area contributed by atoms with Gasteiger partial charge in [0.05, 0.1) is 17.1 Å². The van der Waals surface area contributed by atoms with Gasteiger partial charge in [-0.1, -0.05) is 12.1 Å². The Morgan fingerprint density at radius 3 is 3.06 bits per heavy atom. The second kappa shape index (κ2) is 4.27. The van der Waals surface area contributed by atoms with Crippen LogP contribution >= 0.6 is 12.2 Å². The molecular formula is C13H16N2OS. The third kappa shape index (κ3) is 1.91. The summed E-state index contributed by atoms with van der Waals surface area (Å²) >= 11 is 5.44. The summed E-state index contributed by atoms with van der Waals surface area (Å²) in [6.07, 6.45) is 2.40. The van der Waals surface area contributed by atoms with E-state index in [4.69, 9.17) is 17.0 Å². The van der Waals surface area contributed by atoms with Gasteiger partial charge in [0.1, 0.15) is 0 Å². The van der Waals surface area contributed by atoms with Crippen LogP contribution < -0.4 is 0 Å². The van der Waals surface area contributed by atoms with E-state index in [1.54, 1.807) is 0 Å². The number of fused-ring (bicyclic) bond motifs is 1. The molecule has 1 N–H and O–H groups in total. The fourth-order valence-corrected chi connectivity index (χ4v) is 3.00. The third-order valence-corrected chi connectivity index (χ3v) is 3.75. The standard InChI is InChI=1S/C13H16N2OS/c1-9-8-10(6-7-16-9)15-12-5-3-2-4-11(12)14-13(15)17/h2-5,9-10H,6-8H2,1H3,(H,14,17). The molecule has 0 radical (unpaired) electrons. The molecule has 90 valence electrons. The number of nitrogens with one attached hydrogen (secondary N) is 1. The Labute approximate surface area is 105 Å². The smallest absolute Gasteiger partial charge is 0.178 e. The van der Waals surface area contributed by atoms with Crippen molar-refractivity contribution in [2.45, 2.75) is 31.9 Å². The normalized spacial score (nSPS) is 25.2. The number of hydrogen-bond donors (Lipinski definition) is 1. The first kappa shape index (κ1) is 11.0. The van der Waals surface area contributed by atoms with E-state index in [0.29, 0.717) is 12.1 Å². The lowest BCUT2D eigenvalue weighted by Crippen LogP contribution is -2.25. The zero-order valence-corrected chi connectivity index (χ0v) is 10.7. The molecule has 0 bridgehead atoms. The summed E-state index contributed by atoms with van der Waals surface area (Å²) in [4.78, 5) is 3.28. The zero-order chi connectivity index (χ0) is 11.8. The van der Waals surface area contributed by atoms with Gasteiger partial charge in [0.15, 0.2) is 4.77 Å². The summed E-state index contributed by atoms with van der Waals surface area (Å²) in [6.45, 7) is 2.96. The molecule has 2 atom stereocenters. The van der Waals surface area contributed by atoms with E-state index in [-0.39, 0.29) is 0 Å². The van der Waals surface area contributed by atoms with Gasteiger partial charge < -0.3 is 14.3 Å². The number of benzene rings is 1. The van der Waals surface area contributed by atoms with Crippen molar-refractivity contribution in [2.75, 3.05) is 6.61 Å². The number of hydrogen-bond acceptors (Lipinski definition) is 2. The minimum atomic E-state index is 0.323. The van der Waals surface area contributed by atoms with Crippen LogP contribution in [0.15, 0.2) is 24.3 Å². The molecule has 3 nitrogen and oxygen atoms in total. The van der Waals surface area contributed by atoms with E-state index < -0.39 is 0 Å². The van der Waals surface area contributed by atoms with E-state index >= 15 is 0 Å². The van der Waals surface area contributed by atoms with Crippen LogP contribution in [0, 0.1) is 4.77 Å². The lowest BCUT2D eigenvalue weighted by Gasteiger charge is -2.28. The Hall–Kier alpha value is -1.13. The molecule has 0 aliphatic carbocycles. The molecule has 0 saturated carbocycles. The molecule has 1 aliphatic rings. The van der Waals surface area contributed by atoms with Crippen LogP contribution in [-0.2, 0) is 4.74 Å². The number of nitrogens with zero attached hydrogens (tertiary/aromatic N) is 1. The van der Waals surface area contributed by atoms with Gasteiger partial charge in [-0.25, -0.2) is 0 Å². The highest BCUT2D eigenvalue weighted by Crippen LogP contribution is 2.28. The van der Waals surface area contributed by atoms with Crippen LogP contribution in [0.2, 0.25) is 0 Å². The second-order valence-electron chi connectivity index (χ2n) is 4.68. The Balaban J connectivity index is 2.10. The maximum atomic E-state index is 5.60. The van der Waals surface area contributed by atoms with Crippen LogP contribution in [0.5, 0.6) is 0 Å². The van der Waals surface area contributed by atoms with Gasteiger partial charge in [0.25, 0.3) is 0 Å². The fourth-order valence-electron chi connectivity index (χ4n) is 2.65. The highest BCUT2D eigenvalue weighted by atomic mass is 32.1. The summed E-state index contributed by atoms with van der Waals surface area (Å²) in [5, 5.41) is 0. The quantitative estimate of drug-likeness (QED) is 0.783. The molecular weight excluding hydrogens is 232 g/mol. The van der Waals surface area contributed by atoms with Crippen molar-refractivity contribution in [3.8, 4) is 0 Å². The maximum absolute atomic E-state index is 5.60. The van der Waals surface area contributed by atoms with E-state index in [1.807, 2.05) is 6.07 Å². The zero-order valence-electron chi connectivity index (χ0n) is 9.85. The van der Waals surface area contributed by atoms with E-state index in [0.717, 1.165) is 29.7 Å². The minimum absolute atomic E-state index is 0.323. The molecule has 0 spiro atoms. The molecule has 2 aromatic rings. The van der Waals surface area contributed by atoms with E-state index in [2.05, 4.69) is 34.7 Å². The van der Waals surface area contributed by atoms with Crippen molar-refractivity contribution in [1.82, 2.24) is 9.55 Å². The summed E-state index contributed by atoms with van der Waals surface area (Å²) in [5.74, 6) is 0. The molecule has 0 amide bonds. The summed E-state index contributed by atoms with van der Waals surface area (Å²) in [5.41, 5.74) is 2.33. The predicted octanol–water partition coefficient (Wildman–Crippen LogP) is 3.44. The number of para-hydroxylation sites is 2. The fraction of sp³-hybridized carbons (Fsp3) is 0.462. The van der Waals surface area contributed by atoms with Crippen molar-refractivity contribution in [2.24, 2.45) is 0 Å². The molecule has 1 aromatic heterocycles. The van der Waals surface area contributed by atoms with Crippen LogP contribution in [0.1, 0.15) is 25.8 Å². The second-order valence-corrected chi connectivity index (χ2v) is 5.06. The van der Waals surface area contributed by atoms with Gasteiger partial charge in [0, 0.05) is 12.6 Å². The Bertz CT molecular complexity index is 586. The Kier molecular flexibility index (Phi) is 2.76. The third-order valence-electron chi connectivity index (χ3n) is 3.45. The topological polar surface area (TPSA) is 29.9 Å². The van der Waals surface area contributed by atoms with Crippen molar-refractivity contribution in [1.29, 1.82) is 0 Å². The Morgan fingerprint density at radius 2 is 2.24 bits per heavy atom. The van der Waals surface area contributed by atoms with Crippen molar-refractivity contribution in [3.63, 3.8) is 0 Å². The molecule has 4 heteroatoms. The number of ether oxygens (including phenoxy) is 1. The average molecular weight is 248 g/mol. The molecule has 1 aliphatic heterocycles. The van der Waals surface area contributed by atoms with Gasteiger partial charge in [-0.15, -0.1) is 0 Å². The first-order chi connectivity index (χ1) is 8.25. The number of imidazole rings is 1. The summed E-state index contributed by atoms with van der Waals surface area (Å²) in [6, 6.07) is 8.75. The lowest BCUT2D eigenvalue weighted by molar-refractivity contribution is 0.00647. The largest absolute Gasteiger partial charge is 0.378 e. The number of H-pyrrole nitrogens is 1. The number of rotatable bonds is 1. The molecule has 1 saturated heterocycles. The van der Waals surface area contributed by atoms with Crippen LogP contribution in [-0.4, -0.2) is 22.3 Å². The van der Waals surface area contributed by atoms with Crippen LogP contribution in [0.25, 0.3) is 11.0 Å². The van der Waals surface area contributed by atoms with Gasteiger partial charge in [-0.05, 0) is 44.1 Å². The van der Waals surface area contributed by atoms with Gasteiger partial charge in [-0.3, -0.25) is 0 Å². The molecule has 2 unspecified atom stereocenters. The first-order valence-electron chi connectivity index (χ1n) is 6.06. The van der Waals surface area contributed by atoms with Crippen molar-refractivity contribution in [3.05, 3.63) is 29.0 Å². The number of aromatic amines is 1.